The number of carbonyl (C=O) groups excluding carboxylic acids is 1. The molecule has 0 unspecified atom stereocenters. The van der Waals surface area contributed by atoms with Crippen LogP contribution < -0.4 is 10.7 Å². The highest BCUT2D eigenvalue weighted by Crippen LogP contribution is 2.18. The number of hydrogen-bond acceptors (Lipinski definition) is 3. The summed E-state index contributed by atoms with van der Waals surface area (Å²) in [5, 5.41) is 3.40. The number of carbonyl (C=O) groups is 1. The first-order chi connectivity index (χ1) is 10.2. The van der Waals surface area contributed by atoms with Gasteiger partial charge in [-0.15, -0.1) is 0 Å². The summed E-state index contributed by atoms with van der Waals surface area (Å²) in [6.45, 7) is 2.63. The number of amides is 1. The molecule has 0 bridgehead atoms. The van der Waals surface area contributed by atoms with Gasteiger partial charge in [0.05, 0.1) is 0 Å². The number of ether oxygens (including phenoxy) is 1. The number of hydrogen-bond donors (Lipinski definition) is 2. The summed E-state index contributed by atoms with van der Waals surface area (Å²) in [6.07, 6.45) is 2.07. The fourth-order valence-corrected chi connectivity index (χ4v) is 2.58. The number of rotatable bonds is 3. The van der Waals surface area contributed by atoms with Gasteiger partial charge in [0, 0.05) is 35.0 Å². The molecule has 1 fully saturated rings. The van der Waals surface area contributed by atoms with Crippen LogP contribution in [-0.2, 0) is 16.0 Å². The number of nitrogens with one attached hydrogen (secondary N) is 2. The predicted molar refractivity (Wildman–Crippen MR) is 81.6 cm³/mol. The fourth-order valence-electron chi connectivity index (χ4n) is 2.58. The molecule has 110 valence electrons. The van der Waals surface area contributed by atoms with Crippen LogP contribution in [0.3, 0.4) is 0 Å². The molecule has 2 heterocycles. The fraction of sp³-hybridized carbons (Fsp3) is 0.375. The Labute approximate surface area is 122 Å². The molecule has 1 atom stereocenters. The van der Waals surface area contributed by atoms with E-state index in [1.165, 1.54) is 0 Å². The molecular weight excluding hydrogens is 268 g/mol. The number of pyridine rings is 1. The second-order valence-corrected chi connectivity index (χ2v) is 5.26. The summed E-state index contributed by atoms with van der Waals surface area (Å²) in [6, 6.07) is 6.93. The Morgan fingerprint density at radius 3 is 3.00 bits per heavy atom. The Balaban J connectivity index is 1.88. The maximum absolute atomic E-state index is 12.1. The normalized spacial score (nSPS) is 18.0. The number of aromatic nitrogens is 1. The van der Waals surface area contributed by atoms with Crippen LogP contribution in [0.25, 0.3) is 10.9 Å². The SMILES string of the molecule is CCc1cc(=O)c2cc(NC(=O)[C@@H]3CCCO3)ccc2[nH]1. The van der Waals surface area contributed by atoms with E-state index in [2.05, 4.69) is 10.3 Å². The zero-order chi connectivity index (χ0) is 14.8. The molecule has 5 heteroatoms. The molecule has 2 N–H and O–H groups in total. The van der Waals surface area contributed by atoms with Crippen molar-refractivity contribution in [1.29, 1.82) is 0 Å². The first-order valence-corrected chi connectivity index (χ1v) is 7.26. The minimum Gasteiger partial charge on any atom is -0.368 e. The van der Waals surface area contributed by atoms with Gasteiger partial charge in [0.15, 0.2) is 5.43 Å². The van der Waals surface area contributed by atoms with E-state index in [-0.39, 0.29) is 17.4 Å². The largest absolute Gasteiger partial charge is 0.368 e. The van der Waals surface area contributed by atoms with Crippen LogP contribution >= 0.6 is 0 Å². The Kier molecular flexibility index (Phi) is 3.75. The van der Waals surface area contributed by atoms with Gasteiger partial charge in [0.25, 0.3) is 5.91 Å². The zero-order valence-electron chi connectivity index (χ0n) is 11.9. The van der Waals surface area contributed by atoms with E-state index in [4.69, 9.17) is 4.74 Å². The van der Waals surface area contributed by atoms with Crippen molar-refractivity contribution in [2.45, 2.75) is 32.3 Å². The van der Waals surface area contributed by atoms with E-state index >= 15 is 0 Å². The second kappa shape index (κ2) is 5.69. The molecule has 0 aliphatic carbocycles. The molecule has 21 heavy (non-hydrogen) atoms. The maximum atomic E-state index is 12.1. The monoisotopic (exact) mass is 286 g/mol. The molecule has 0 radical (unpaired) electrons. The molecule has 1 aromatic carbocycles. The van der Waals surface area contributed by atoms with Crippen molar-refractivity contribution in [3.63, 3.8) is 0 Å². The standard InChI is InChI=1S/C16H18N2O3/c1-2-10-9-14(19)12-8-11(5-6-13(12)17-10)18-16(20)15-4-3-7-21-15/h5-6,8-9,15H,2-4,7H2,1H3,(H,17,19)(H,18,20)/t15-/m0/s1. The number of H-pyrrole nitrogens is 1. The van der Waals surface area contributed by atoms with Crippen LogP contribution in [0.2, 0.25) is 0 Å². The van der Waals surface area contributed by atoms with Gasteiger partial charge in [0.2, 0.25) is 0 Å². The van der Waals surface area contributed by atoms with E-state index in [0.29, 0.717) is 17.7 Å². The molecule has 1 aromatic heterocycles. The van der Waals surface area contributed by atoms with Gasteiger partial charge in [-0.25, -0.2) is 0 Å². The van der Waals surface area contributed by atoms with Crippen molar-refractivity contribution in [2.75, 3.05) is 11.9 Å². The molecule has 0 saturated carbocycles. The third-order valence-corrected chi connectivity index (χ3v) is 3.76. The summed E-state index contributed by atoms with van der Waals surface area (Å²) >= 11 is 0. The lowest BCUT2D eigenvalue weighted by atomic mass is 10.1. The summed E-state index contributed by atoms with van der Waals surface area (Å²) < 4.78 is 5.35. The number of fused-ring (bicyclic) bond motifs is 1. The van der Waals surface area contributed by atoms with E-state index in [0.717, 1.165) is 30.5 Å². The van der Waals surface area contributed by atoms with Crippen LogP contribution in [0.1, 0.15) is 25.5 Å². The van der Waals surface area contributed by atoms with Crippen molar-refractivity contribution >= 4 is 22.5 Å². The molecule has 5 nitrogen and oxygen atoms in total. The first-order valence-electron chi connectivity index (χ1n) is 7.26. The lowest BCUT2D eigenvalue weighted by molar-refractivity contribution is -0.124. The first kappa shape index (κ1) is 13.8. The third kappa shape index (κ3) is 2.83. The maximum Gasteiger partial charge on any atom is 0.253 e. The highest BCUT2D eigenvalue weighted by Gasteiger charge is 2.23. The number of anilines is 1. The summed E-state index contributed by atoms with van der Waals surface area (Å²) in [5.74, 6) is -0.145. The topological polar surface area (TPSA) is 71.2 Å². The average Bonchev–Trinajstić information content (AvgIpc) is 3.02. The molecule has 3 rings (SSSR count). The van der Waals surface area contributed by atoms with Gasteiger partial charge in [-0.3, -0.25) is 9.59 Å². The zero-order valence-corrected chi connectivity index (χ0v) is 11.9. The molecule has 0 spiro atoms. The van der Waals surface area contributed by atoms with E-state index in [1.807, 2.05) is 13.0 Å². The highest BCUT2D eigenvalue weighted by atomic mass is 16.5. The minimum atomic E-state index is -0.374. The van der Waals surface area contributed by atoms with Crippen LogP contribution in [-0.4, -0.2) is 23.6 Å². The summed E-state index contributed by atoms with van der Waals surface area (Å²) in [5.41, 5.74) is 2.28. The van der Waals surface area contributed by atoms with Crippen LogP contribution in [0.5, 0.6) is 0 Å². The molecular formula is C16H18N2O3. The quantitative estimate of drug-likeness (QED) is 0.908. The number of aryl methyl sites for hydroxylation is 1. The third-order valence-electron chi connectivity index (χ3n) is 3.76. The summed E-state index contributed by atoms with van der Waals surface area (Å²) in [7, 11) is 0. The lowest BCUT2D eigenvalue weighted by Gasteiger charge is -2.11. The molecule has 1 aliphatic heterocycles. The molecule has 1 aliphatic rings. The Hall–Kier alpha value is -2.14. The highest BCUT2D eigenvalue weighted by molar-refractivity contribution is 5.96. The Bertz CT molecular complexity index is 730. The van der Waals surface area contributed by atoms with Gasteiger partial charge in [0.1, 0.15) is 6.10 Å². The Morgan fingerprint density at radius 1 is 1.43 bits per heavy atom. The van der Waals surface area contributed by atoms with Gasteiger partial charge in [-0.1, -0.05) is 6.92 Å². The van der Waals surface area contributed by atoms with E-state index in [1.54, 1.807) is 18.2 Å². The lowest BCUT2D eigenvalue weighted by Crippen LogP contribution is -2.26. The van der Waals surface area contributed by atoms with Crippen LogP contribution in [0.15, 0.2) is 29.1 Å². The molecule has 2 aromatic rings. The van der Waals surface area contributed by atoms with E-state index in [9.17, 15) is 9.59 Å². The van der Waals surface area contributed by atoms with Crippen molar-refractivity contribution in [1.82, 2.24) is 4.98 Å². The van der Waals surface area contributed by atoms with Crippen LogP contribution in [0, 0.1) is 0 Å². The predicted octanol–water partition coefficient (Wildman–Crippen LogP) is 2.21. The van der Waals surface area contributed by atoms with Crippen molar-refractivity contribution < 1.29 is 9.53 Å². The average molecular weight is 286 g/mol. The molecule has 1 saturated heterocycles. The van der Waals surface area contributed by atoms with Crippen molar-refractivity contribution in [2.24, 2.45) is 0 Å². The molecule has 1 amide bonds. The minimum absolute atomic E-state index is 0.0335. The van der Waals surface area contributed by atoms with Crippen molar-refractivity contribution in [3.05, 3.63) is 40.2 Å². The van der Waals surface area contributed by atoms with Crippen LogP contribution in [0.4, 0.5) is 5.69 Å². The smallest absolute Gasteiger partial charge is 0.253 e. The number of benzene rings is 1. The second-order valence-electron chi connectivity index (χ2n) is 5.26. The Morgan fingerprint density at radius 2 is 2.29 bits per heavy atom. The van der Waals surface area contributed by atoms with Gasteiger partial charge < -0.3 is 15.0 Å². The van der Waals surface area contributed by atoms with Gasteiger partial charge in [-0.2, -0.15) is 0 Å². The number of aromatic amines is 1. The summed E-state index contributed by atoms with van der Waals surface area (Å²) in [4.78, 5) is 27.3. The van der Waals surface area contributed by atoms with Crippen molar-refractivity contribution in [3.8, 4) is 0 Å². The van der Waals surface area contributed by atoms with E-state index < -0.39 is 0 Å². The van der Waals surface area contributed by atoms with Gasteiger partial charge in [-0.05, 0) is 37.5 Å². The van der Waals surface area contributed by atoms with Gasteiger partial charge >= 0.3 is 0 Å².